The van der Waals surface area contributed by atoms with Crippen LogP contribution in [0.5, 0.6) is 23.0 Å². The molecule has 0 aromatic heterocycles. The Bertz CT molecular complexity index is 1030. The highest BCUT2D eigenvalue weighted by atomic mass is 16.7. The number of aromatic hydroxyl groups is 1. The summed E-state index contributed by atoms with van der Waals surface area (Å²) in [5.74, 6) is -0.498. The maximum atomic E-state index is 13.0. The standard InChI is InChI=1S/C23H26O11/c1-30-14-7-11(8-15(31-2)18(14)25)13-6-10-4-3-5-12(17(10)22(29)32-13)33-23-21(28)20(27)19(26)16(9-24)34-23/h3-5,7-8,13,16,19-21,23-28H,6,9H2,1-2H3. The molecule has 4 rings (SSSR count). The first-order valence-corrected chi connectivity index (χ1v) is 10.5. The van der Waals surface area contributed by atoms with E-state index in [0.717, 1.165) is 0 Å². The van der Waals surface area contributed by atoms with Crippen LogP contribution in [-0.2, 0) is 15.9 Å². The SMILES string of the molecule is COc1cc(C2Cc3cccc(OC4OC(CO)C(O)C(O)C4O)c3C(=O)O2)cc(OC)c1O. The van der Waals surface area contributed by atoms with Gasteiger partial charge in [-0.1, -0.05) is 12.1 Å². The molecular formula is C23H26O11. The quantitative estimate of drug-likeness (QED) is 0.356. The number of aliphatic hydroxyl groups is 4. The number of fused-ring (bicyclic) bond motifs is 1. The minimum Gasteiger partial charge on any atom is -0.502 e. The summed E-state index contributed by atoms with van der Waals surface area (Å²) >= 11 is 0. The van der Waals surface area contributed by atoms with E-state index in [1.807, 2.05) is 0 Å². The van der Waals surface area contributed by atoms with Gasteiger partial charge in [0.15, 0.2) is 11.5 Å². The number of carbonyl (C=O) groups is 1. The van der Waals surface area contributed by atoms with E-state index in [0.29, 0.717) is 11.1 Å². The third kappa shape index (κ3) is 4.24. The fourth-order valence-electron chi connectivity index (χ4n) is 4.08. The van der Waals surface area contributed by atoms with E-state index in [1.165, 1.54) is 20.3 Å². The Balaban J connectivity index is 1.61. The predicted molar refractivity (Wildman–Crippen MR) is 114 cm³/mol. The molecular weight excluding hydrogens is 452 g/mol. The molecule has 2 heterocycles. The van der Waals surface area contributed by atoms with Crippen molar-refractivity contribution in [2.24, 2.45) is 0 Å². The van der Waals surface area contributed by atoms with Gasteiger partial charge in [0.2, 0.25) is 12.0 Å². The zero-order valence-electron chi connectivity index (χ0n) is 18.5. The third-order valence-corrected chi connectivity index (χ3v) is 5.94. The van der Waals surface area contributed by atoms with Gasteiger partial charge in [-0.15, -0.1) is 0 Å². The number of hydrogen-bond donors (Lipinski definition) is 5. The number of hydrogen-bond acceptors (Lipinski definition) is 11. The maximum Gasteiger partial charge on any atom is 0.342 e. The van der Waals surface area contributed by atoms with E-state index in [-0.39, 0.29) is 35.0 Å². The van der Waals surface area contributed by atoms with Gasteiger partial charge in [-0.05, 0) is 23.8 Å². The summed E-state index contributed by atoms with van der Waals surface area (Å²) < 4.78 is 27.1. The molecule has 0 amide bonds. The van der Waals surface area contributed by atoms with Gasteiger partial charge in [-0.2, -0.15) is 0 Å². The van der Waals surface area contributed by atoms with Crippen molar-refractivity contribution >= 4 is 5.97 Å². The Morgan fingerprint density at radius 2 is 1.68 bits per heavy atom. The Labute approximate surface area is 194 Å². The van der Waals surface area contributed by atoms with Gasteiger partial charge in [0.25, 0.3) is 0 Å². The van der Waals surface area contributed by atoms with Crippen LogP contribution in [0, 0.1) is 0 Å². The number of benzene rings is 2. The molecule has 34 heavy (non-hydrogen) atoms. The second-order valence-electron chi connectivity index (χ2n) is 7.98. The first-order valence-electron chi connectivity index (χ1n) is 10.5. The number of ether oxygens (including phenoxy) is 5. The summed E-state index contributed by atoms with van der Waals surface area (Å²) in [5, 5.41) is 49.7. The number of aliphatic hydroxyl groups excluding tert-OH is 4. The highest BCUT2D eigenvalue weighted by molar-refractivity contribution is 5.95. The molecule has 2 aromatic rings. The van der Waals surface area contributed by atoms with Crippen molar-refractivity contribution in [1.29, 1.82) is 0 Å². The van der Waals surface area contributed by atoms with E-state index in [9.17, 15) is 30.3 Å². The fourth-order valence-corrected chi connectivity index (χ4v) is 4.08. The minimum absolute atomic E-state index is 0.0474. The van der Waals surface area contributed by atoms with Crippen molar-refractivity contribution in [3.63, 3.8) is 0 Å². The second-order valence-corrected chi connectivity index (χ2v) is 7.98. The van der Waals surface area contributed by atoms with Crippen LogP contribution in [0.1, 0.15) is 27.6 Å². The number of rotatable bonds is 6. The molecule has 0 bridgehead atoms. The third-order valence-electron chi connectivity index (χ3n) is 5.94. The monoisotopic (exact) mass is 478 g/mol. The zero-order chi connectivity index (χ0) is 24.6. The number of esters is 1. The molecule has 1 fully saturated rings. The fraction of sp³-hybridized carbons (Fsp3) is 0.435. The highest BCUT2D eigenvalue weighted by Crippen LogP contribution is 2.42. The lowest BCUT2D eigenvalue weighted by atomic mass is 9.93. The Hall–Kier alpha value is -3.09. The van der Waals surface area contributed by atoms with E-state index in [2.05, 4.69) is 0 Å². The second kappa shape index (κ2) is 9.65. The van der Waals surface area contributed by atoms with E-state index in [4.69, 9.17) is 23.7 Å². The molecule has 0 aliphatic carbocycles. The van der Waals surface area contributed by atoms with Crippen LogP contribution in [0.25, 0.3) is 0 Å². The first kappa shape index (κ1) is 24.0. The molecule has 2 aliphatic rings. The van der Waals surface area contributed by atoms with Crippen molar-refractivity contribution in [1.82, 2.24) is 0 Å². The lowest BCUT2D eigenvalue weighted by Crippen LogP contribution is -2.60. The Morgan fingerprint density at radius 3 is 2.29 bits per heavy atom. The van der Waals surface area contributed by atoms with Crippen molar-refractivity contribution in [2.75, 3.05) is 20.8 Å². The zero-order valence-corrected chi connectivity index (χ0v) is 18.5. The number of phenols is 1. The van der Waals surface area contributed by atoms with E-state index >= 15 is 0 Å². The maximum absolute atomic E-state index is 13.0. The van der Waals surface area contributed by atoms with Crippen LogP contribution < -0.4 is 14.2 Å². The average molecular weight is 478 g/mol. The number of carbonyl (C=O) groups excluding carboxylic acids is 1. The van der Waals surface area contributed by atoms with Gasteiger partial charge in [0, 0.05) is 12.0 Å². The molecule has 0 saturated carbocycles. The average Bonchev–Trinajstić information content (AvgIpc) is 2.84. The highest BCUT2D eigenvalue weighted by Gasteiger charge is 2.45. The molecule has 6 unspecified atom stereocenters. The summed E-state index contributed by atoms with van der Waals surface area (Å²) in [6, 6.07) is 7.95. The van der Waals surface area contributed by atoms with Gasteiger partial charge in [0.05, 0.1) is 20.8 Å². The van der Waals surface area contributed by atoms with Gasteiger partial charge in [0.1, 0.15) is 41.8 Å². The Morgan fingerprint density at radius 1 is 1.00 bits per heavy atom. The Kier molecular flexibility index (Phi) is 6.82. The predicted octanol–water partition coefficient (Wildman–Crippen LogP) is 0.0423. The van der Waals surface area contributed by atoms with E-state index < -0.39 is 49.4 Å². The van der Waals surface area contributed by atoms with Gasteiger partial charge >= 0.3 is 5.97 Å². The van der Waals surface area contributed by atoms with Gasteiger partial charge in [-0.25, -0.2) is 4.79 Å². The van der Waals surface area contributed by atoms with Gasteiger partial charge in [-0.3, -0.25) is 0 Å². The molecule has 5 N–H and O–H groups in total. The summed E-state index contributed by atoms with van der Waals surface area (Å²) in [6.07, 6.45) is -7.81. The summed E-state index contributed by atoms with van der Waals surface area (Å²) in [4.78, 5) is 13.0. The first-order chi connectivity index (χ1) is 16.3. The molecule has 0 radical (unpaired) electrons. The largest absolute Gasteiger partial charge is 0.502 e. The summed E-state index contributed by atoms with van der Waals surface area (Å²) in [7, 11) is 2.78. The molecule has 1 saturated heterocycles. The van der Waals surface area contributed by atoms with Crippen molar-refractivity contribution in [2.45, 2.75) is 43.2 Å². The van der Waals surface area contributed by atoms with Crippen molar-refractivity contribution < 1.29 is 54.0 Å². The van der Waals surface area contributed by atoms with Crippen LogP contribution >= 0.6 is 0 Å². The van der Waals surface area contributed by atoms with Gasteiger partial charge < -0.3 is 49.2 Å². The molecule has 184 valence electrons. The van der Waals surface area contributed by atoms with Crippen molar-refractivity contribution in [3.8, 4) is 23.0 Å². The van der Waals surface area contributed by atoms with Crippen LogP contribution in [0.15, 0.2) is 30.3 Å². The van der Waals surface area contributed by atoms with E-state index in [1.54, 1.807) is 24.3 Å². The number of phenolic OH excluding ortho intramolecular Hbond substituents is 1. The normalized spacial score (nSPS) is 28.6. The number of cyclic esters (lactones) is 1. The van der Waals surface area contributed by atoms with Crippen LogP contribution in [0.3, 0.4) is 0 Å². The molecule has 6 atom stereocenters. The molecule has 0 spiro atoms. The minimum atomic E-state index is -1.63. The summed E-state index contributed by atoms with van der Waals surface area (Å²) in [6.45, 7) is -0.610. The van der Waals surface area contributed by atoms with Crippen molar-refractivity contribution in [3.05, 3.63) is 47.0 Å². The molecule has 11 nitrogen and oxygen atoms in total. The van der Waals surface area contributed by atoms with Crippen LogP contribution in [0.2, 0.25) is 0 Å². The lowest BCUT2D eigenvalue weighted by molar-refractivity contribution is -0.277. The lowest BCUT2D eigenvalue weighted by Gasteiger charge is -2.40. The summed E-state index contributed by atoms with van der Waals surface area (Å²) in [5.41, 5.74) is 1.26. The molecule has 2 aromatic carbocycles. The molecule has 11 heteroatoms. The van der Waals surface area contributed by atoms with Crippen LogP contribution in [-0.4, -0.2) is 83.0 Å². The van der Waals surface area contributed by atoms with Crippen LogP contribution in [0.4, 0.5) is 0 Å². The smallest absolute Gasteiger partial charge is 0.342 e. The topological polar surface area (TPSA) is 164 Å². The number of methoxy groups -OCH3 is 2. The molecule has 2 aliphatic heterocycles.